The summed E-state index contributed by atoms with van der Waals surface area (Å²) in [6.07, 6.45) is 2.91. The summed E-state index contributed by atoms with van der Waals surface area (Å²) < 4.78 is 26.8. The van der Waals surface area contributed by atoms with Crippen molar-refractivity contribution in [1.82, 2.24) is 9.97 Å². The molecule has 6 heteroatoms. The van der Waals surface area contributed by atoms with E-state index in [1.54, 1.807) is 12.1 Å². The van der Waals surface area contributed by atoms with Crippen molar-refractivity contribution in [3.63, 3.8) is 0 Å². The number of halogens is 2. The van der Waals surface area contributed by atoms with E-state index in [9.17, 15) is 8.78 Å². The molecule has 0 aliphatic carbocycles. The van der Waals surface area contributed by atoms with Crippen LogP contribution < -0.4 is 0 Å². The topological polar surface area (TPSA) is 25.8 Å². The quantitative estimate of drug-likeness (QED) is 0.624. The smallest absolute Gasteiger partial charge is 0.227 e. The Kier molecular flexibility index (Phi) is 4.19. The molecule has 2 nitrogen and oxygen atoms in total. The fourth-order valence-corrected chi connectivity index (χ4v) is 3.39. The Labute approximate surface area is 112 Å². The molecule has 18 heavy (non-hydrogen) atoms. The van der Waals surface area contributed by atoms with Gasteiger partial charge in [0.05, 0.1) is 9.79 Å². The number of nitrogens with zero attached hydrogens (tertiary/aromatic N) is 2. The predicted molar refractivity (Wildman–Crippen MR) is 69.6 cm³/mol. The third-order valence-corrected chi connectivity index (χ3v) is 4.45. The molecule has 0 fully saturated rings. The molecule has 0 atom stereocenters. The van der Waals surface area contributed by atoms with Gasteiger partial charge in [-0.3, -0.25) is 0 Å². The maximum atomic E-state index is 13.4. The molecule has 0 radical (unpaired) electrons. The van der Waals surface area contributed by atoms with Gasteiger partial charge in [0, 0.05) is 12.4 Å². The average Bonchev–Trinajstić information content (AvgIpc) is 2.34. The Morgan fingerprint density at radius 2 is 1.22 bits per heavy atom. The van der Waals surface area contributed by atoms with Crippen molar-refractivity contribution < 1.29 is 8.78 Å². The van der Waals surface area contributed by atoms with Gasteiger partial charge in [-0.2, -0.15) is 8.78 Å². The van der Waals surface area contributed by atoms with Crippen molar-refractivity contribution in [2.45, 2.75) is 23.6 Å². The van der Waals surface area contributed by atoms with Crippen molar-refractivity contribution in [2.75, 3.05) is 0 Å². The zero-order valence-corrected chi connectivity index (χ0v) is 11.4. The Balaban J connectivity index is 2.16. The average molecular weight is 284 g/mol. The Hall–Kier alpha value is -1.14. The molecule has 0 aliphatic rings. The molecular formula is C12H10F2N2S2. The maximum Gasteiger partial charge on any atom is 0.227 e. The van der Waals surface area contributed by atoms with Gasteiger partial charge in [-0.15, -0.1) is 0 Å². The van der Waals surface area contributed by atoms with Crippen LogP contribution in [0.2, 0.25) is 0 Å². The number of aryl methyl sites for hydroxylation is 2. The van der Waals surface area contributed by atoms with Crippen molar-refractivity contribution in [2.24, 2.45) is 0 Å². The molecule has 2 aromatic heterocycles. The van der Waals surface area contributed by atoms with Crippen molar-refractivity contribution in [3.05, 3.63) is 47.5 Å². The summed E-state index contributed by atoms with van der Waals surface area (Å²) in [4.78, 5) is 8.02. The zero-order chi connectivity index (χ0) is 13.1. The van der Waals surface area contributed by atoms with Gasteiger partial charge in [0.1, 0.15) is 0 Å². The molecule has 94 valence electrons. The van der Waals surface area contributed by atoms with Gasteiger partial charge >= 0.3 is 0 Å². The van der Waals surface area contributed by atoms with E-state index >= 15 is 0 Å². The van der Waals surface area contributed by atoms with Gasteiger partial charge in [-0.25, -0.2) is 9.97 Å². The minimum absolute atomic E-state index is 0.390. The van der Waals surface area contributed by atoms with Gasteiger partial charge in [0.2, 0.25) is 11.9 Å². The molecule has 0 bridgehead atoms. The van der Waals surface area contributed by atoms with Crippen LogP contribution in [0.1, 0.15) is 11.1 Å². The number of hydrogen-bond donors (Lipinski definition) is 0. The van der Waals surface area contributed by atoms with Gasteiger partial charge in [-0.1, -0.05) is 0 Å². The highest BCUT2D eigenvalue weighted by molar-refractivity contribution is 8.76. The summed E-state index contributed by atoms with van der Waals surface area (Å²) in [7, 11) is 2.27. The van der Waals surface area contributed by atoms with Crippen LogP contribution in [0.3, 0.4) is 0 Å². The normalized spacial score (nSPS) is 10.7. The summed E-state index contributed by atoms with van der Waals surface area (Å²) >= 11 is 0. The lowest BCUT2D eigenvalue weighted by atomic mass is 10.3. The SMILES string of the molecule is Cc1cnc(F)c(SSc2cc(C)cnc2F)c1. The molecule has 0 saturated carbocycles. The summed E-state index contributed by atoms with van der Waals surface area (Å²) in [6, 6.07) is 3.36. The van der Waals surface area contributed by atoms with Gasteiger partial charge < -0.3 is 0 Å². The number of rotatable bonds is 3. The van der Waals surface area contributed by atoms with Crippen LogP contribution in [-0.2, 0) is 0 Å². The minimum Gasteiger partial charge on any atom is -0.227 e. The molecule has 0 spiro atoms. The lowest BCUT2D eigenvalue weighted by molar-refractivity contribution is 0.555. The van der Waals surface area contributed by atoms with Crippen LogP contribution in [0.25, 0.3) is 0 Å². The fraction of sp³-hybridized carbons (Fsp3) is 0.167. The molecule has 0 unspecified atom stereocenters. The summed E-state index contributed by atoms with van der Waals surface area (Å²) in [5, 5.41) is 0. The lowest BCUT2D eigenvalue weighted by Crippen LogP contribution is -1.89. The summed E-state index contributed by atoms with van der Waals surface area (Å²) in [5.41, 5.74) is 1.73. The third-order valence-electron chi connectivity index (χ3n) is 2.11. The molecule has 0 aromatic carbocycles. The van der Waals surface area contributed by atoms with Gasteiger partial charge in [0.25, 0.3) is 0 Å². The summed E-state index contributed by atoms with van der Waals surface area (Å²) in [6.45, 7) is 3.66. The molecule has 0 amide bonds. The maximum absolute atomic E-state index is 13.4. The predicted octanol–water partition coefficient (Wildman–Crippen LogP) is 4.17. The van der Waals surface area contributed by atoms with Crippen molar-refractivity contribution in [1.29, 1.82) is 0 Å². The van der Waals surface area contributed by atoms with Crippen LogP contribution in [0.4, 0.5) is 8.78 Å². The number of aromatic nitrogens is 2. The van der Waals surface area contributed by atoms with E-state index in [1.165, 1.54) is 12.4 Å². The van der Waals surface area contributed by atoms with E-state index in [1.807, 2.05) is 13.8 Å². The first kappa shape index (κ1) is 13.3. The molecule has 0 saturated heterocycles. The Morgan fingerprint density at radius 3 is 1.61 bits per heavy atom. The monoisotopic (exact) mass is 284 g/mol. The lowest BCUT2D eigenvalue weighted by Gasteiger charge is -2.04. The van der Waals surface area contributed by atoms with E-state index in [0.29, 0.717) is 9.79 Å². The van der Waals surface area contributed by atoms with E-state index in [-0.39, 0.29) is 0 Å². The van der Waals surface area contributed by atoms with E-state index in [4.69, 9.17) is 0 Å². The van der Waals surface area contributed by atoms with Crippen LogP contribution in [0.5, 0.6) is 0 Å². The molecule has 0 N–H and O–H groups in total. The third kappa shape index (κ3) is 3.20. The van der Waals surface area contributed by atoms with E-state index < -0.39 is 11.9 Å². The second-order valence-corrected chi connectivity index (χ2v) is 5.98. The number of pyridine rings is 2. The van der Waals surface area contributed by atoms with Crippen LogP contribution in [0, 0.1) is 25.7 Å². The Morgan fingerprint density at radius 1 is 0.833 bits per heavy atom. The van der Waals surface area contributed by atoms with Crippen molar-refractivity contribution >= 4 is 21.6 Å². The zero-order valence-electron chi connectivity index (χ0n) is 9.78. The first-order valence-corrected chi connectivity index (χ1v) is 7.30. The molecular weight excluding hydrogens is 274 g/mol. The Bertz CT molecular complexity index is 524. The second kappa shape index (κ2) is 5.67. The largest absolute Gasteiger partial charge is 0.227 e. The molecule has 2 heterocycles. The minimum atomic E-state index is -0.542. The van der Waals surface area contributed by atoms with Gasteiger partial charge in [-0.05, 0) is 58.7 Å². The fourth-order valence-electron chi connectivity index (χ4n) is 1.26. The van der Waals surface area contributed by atoms with Crippen LogP contribution in [0.15, 0.2) is 34.3 Å². The van der Waals surface area contributed by atoms with Crippen molar-refractivity contribution in [3.8, 4) is 0 Å². The highest BCUT2D eigenvalue weighted by Crippen LogP contribution is 2.39. The highest BCUT2D eigenvalue weighted by Gasteiger charge is 2.09. The first-order chi connectivity index (χ1) is 8.56. The second-order valence-electron chi connectivity index (χ2n) is 3.77. The van der Waals surface area contributed by atoms with Crippen LogP contribution >= 0.6 is 21.6 Å². The van der Waals surface area contributed by atoms with E-state index in [2.05, 4.69) is 9.97 Å². The van der Waals surface area contributed by atoms with E-state index in [0.717, 1.165) is 32.7 Å². The first-order valence-electron chi connectivity index (χ1n) is 5.15. The molecule has 0 aliphatic heterocycles. The van der Waals surface area contributed by atoms with Crippen LogP contribution in [-0.4, -0.2) is 9.97 Å². The number of hydrogen-bond acceptors (Lipinski definition) is 4. The highest BCUT2D eigenvalue weighted by atomic mass is 33.1. The summed E-state index contributed by atoms with van der Waals surface area (Å²) in [5.74, 6) is -1.08. The van der Waals surface area contributed by atoms with Gasteiger partial charge in [0.15, 0.2) is 0 Å². The molecule has 2 rings (SSSR count). The standard InChI is InChI=1S/C12H10F2N2S2/c1-7-3-9(11(13)15-5-7)17-18-10-4-8(2)6-16-12(10)14/h3-6H,1-2H3. The molecule has 2 aromatic rings.